The van der Waals surface area contributed by atoms with E-state index in [0.717, 1.165) is 54.1 Å². The van der Waals surface area contributed by atoms with Crippen molar-refractivity contribution >= 4 is 31.4 Å². The maximum absolute atomic E-state index is 13.8. The second-order valence-electron chi connectivity index (χ2n) is 11.2. The van der Waals surface area contributed by atoms with E-state index in [1.165, 1.54) is 6.07 Å². The predicted octanol–water partition coefficient (Wildman–Crippen LogP) is 8.52. The van der Waals surface area contributed by atoms with Crippen molar-refractivity contribution < 1.29 is 23.6 Å². The first kappa shape index (κ1) is 31.0. The highest BCUT2D eigenvalue weighted by atomic mass is 28.4. The number of hydrogen-bond donors (Lipinski definition) is 0. The number of anilines is 1. The van der Waals surface area contributed by atoms with Gasteiger partial charge in [-0.3, -0.25) is 15.0 Å². The van der Waals surface area contributed by atoms with Crippen molar-refractivity contribution in [3.8, 4) is 23.8 Å². The maximum Gasteiger partial charge on any atom is 0.421 e. The van der Waals surface area contributed by atoms with Gasteiger partial charge >= 0.3 is 6.09 Å². The van der Waals surface area contributed by atoms with Gasteiger partial charge in [0.1, 0.15) is 24.1 Å². The van der Waals surface area contributed by atoms with Crippen LogP contribution in [0.3, 0.4) is 0 Å². The molecule has 1 amide bonds. The summed E-state index contributed by atoms with van der Waals surface area (Å²) in [6.07, 6.45) is 7.95. The lowest BCUT2D eigenvalue weighted by Crippen LogP contribution is -2.48. The van der Waals surface area contributed by atoms with E-state index in [2.05, 4.69) is 26.7 Å². The number of fused-ring (bicyclic) bond motifs is 2. The van der Waals surface area contributed by atoms with E-state index in [1.54, 1.807) is 53.4 Å². The molecule has 0 aromatic heterocycles. The number of hydrogen-bond acceptors (Lipinski definition) is 6. The van der Waals surface area contributed by atoms with Gasteiger partial charge in [-0.2, -0.15) is 0 Å². The van der Waals surface area contributed by atoms with Gasteiger partial charge in [0.15, 0.2) is 8.32 Å². The molecule has 3 aromatic carbocycles. The van der Waals surface area contributed by atoms with Crippen molar-refractivity contribution in [1.82, 2.24) is 0 Å². The van der Waals surface area contributed by atoms with E-state index in [1.807, 2.05) is 18.2 Å². The predicted molar refractivity (Wildman–Crippen MR) is 174 cm³/mol. The molecule has 1 heterocycles. The molecule has 2 unspecified atom stereocenters. The number of rotatable bonds is 10. The molecule has 0 saturated carbocycles. The fourth-order valence-electron chi connectivity index (χ4n) is 6.33. The molecule has 228 valence electrons. The second kappa shape index (κ2) is 13.5. The Bertz CT molecular complexity index is 1590. The van der Waals surface area contributed by atoms with Gasteiger partial charge in [-0.1, -0.05) is 57.0 Å². The Morgan fingerprint density at radius 1 is 1.02 bits per heavy atom. The van der Waals surface area contributed by atoms with Gasteiger partial charge in [-0.25, -0.2) is 4.79 Å². The van der Waals surface area contributed by atoms with Crippen LogP contribution in [-0.2, 0) is 11.0 Å². The number of benzene rings is 3. The van der Waals surface area contributed by atoms with E-state index in [0.29, 0.717) is 22.7 Å². The van der Waals surface area contributed by atoms with Crippen molar-refractivity contribution in [3.63, 3.8) is 0 Å². The topological polar surface area (TPSA) is 91.1 Å². The van der Waals surface area contributed by atoms with Gasteiger partial charge in [0.2, 0.25) is 0 Å². The maximum atomic E-state index is 13.8. The number of amides is 1. The van der Waals surface area contributed by atoms with Crippen molar-refractivity contribution in [2.75, 3.05) is 4.90 Å². The molecule has 2 atom stereocenters. The lowest BCUT2D eigenvalue weighted by molar-refractivity contribution is -0.385. The number of para-hydroxylation sites is 2. The lowest BCUT2D eigenvalue weighted by Gasteiger charge is -2.44. The Morgan fingerprint density at radius 2 is 1.73 bits per heavy atom. The van der Waals surface area contributed by atoms with Crippen LogP contribution < -0.4 is 14.4 Å². The molecule has 0 N–H and O–H groups in total. The normalized spacial score (nSPS) is 17.7. The Balaban J connectivity index is 1.58. The van der Waals surface area contributed by atoms with Gasteiger partial charge in [-0.05, 0) is 84.9 Å². The molecule has 0 saturated heterocycles. The first-order valence-electron chi connectivity index (χ1n) is 15.3. The Morgan fingerprint density at radius 3 is 2.41 bits per heavy atom. The van der Waals surface area contributed by atoms with Gasteiger partial charge in [0, 0.05) is 11.6 Å². The van der Waals surface area contributed by atoms with Gasteiger partial charge in [0.25, 0.3) is 5.69 Å². The number of terminal acetylenes is 1. The third-order valence-electron chi connectivity index (χ3n) is 8.90. The monoisotopic (exact) mass is 610 g/mol. The molecule has 0 bridgehead atoms. The van der Waals surface area contributed by atoms with Crippen molar-refractivity contribution in [2.24, 2.45) is 0 Å². The Hall–Kier alpha value is -4.39. The smallest absolute Gasteiger partial charge is 0.421 e. The van der Waals surface area contributed by atoms with E-state index < -0.39 is 25.4 Å². The molecule has 44 heavy (non-hydrogen) atoms. The van der Waals surface area contributed by atoms with Gasteiger partial charge < -0.3 is 13.9 Å². The molecule has 3 aromatic rings. The summed E-state index contributed by atoms with van der Waals surface area (Å²) in [5.41, 5.74) is 3.93. The zero-order valence-corrected chi connectivity index (χ0v) is 26.5. The molecule has 5 rings (SSSR count). The molecule has 0 fully saturated rings. The molecule has 0 radical (unpaired) electrons. The third kappa shape index (κ3) is 6.14. The van der Waals surface area contributed by atoms with Crippen LogP contribution in [0.4, 0.5) is 16.2 Å². The first-order chi connectivity index (χ1) is 21.3. The molecular weight excluding hydrogens is 572 g/mol. The summed E-state index contributed by atoms with van der Waals surface area (Å²) in [5.74, 6) is 3.84. The SMILES string of the molecule is C#CC1C2=C(c3cc(OCc4ccccc4[N+](=O)[O-])ccc3N1C(=O)Oc1ccccc1)C(O[Si](CC)(CC)CC)CCC2. The zero-order valence-electron chi connectivity index (χ0n) is 25.5. The molecule has 2 aliphatic rings. The minimum Gasteiger partial charge on any atom is -0.489 e. The molecular formula is C35H38N2O6Si. The fraction of sp³-hybridized carbons (Fsp3) is 0.343. The molecule has 8 nitrogen and oxygen atoms in total. The molecule has 0 spiro atoms. The van der Waals surface area contributed by atoms with Crippen LogP contribution in [0.5, 0.6) is 11.5 Å². The summed E-state index contributed by atoms with van der Waals surface area (Å²) in [6.45, 7) is 6.66. The summed E-state index contributed by atoms with van der Waals surface area (Å²) >= 11 is 0. The van der Waals surface area contributed by atoms with E-state index in [-0.39, 0.29) is 18.4 Å². The van der Waals surface area contributed by atoms with Crippen molar-refractivity contribution in [2.45, 2.75) is 76.9 Å². The van der Waals surface area contributed by atoms with Crippen LogP contribution in [-0.4, -0.2) is 31.5 Å². The molecule has 1 aliphatic heterocycles. The molecule has 9 heteroatoms. The summed E-state index contributed by atoms with van der Waals surface area (Å²) in [7, 11) is -2.00. The molecule has 1 aliphatic carbocycles. The first-order valence-corrected chi connectivity index (χ1v) is 17.8. The summed E-state index contributed by atoms with van der Waals surface area (Å²) in [4.78, 5) is 26.5. The number of nitro groups is 1. The van der Waals surface area contributed by atoms with E-state index in [4.69, 9.17) is 20.3 Å². The minimum absolute atomic E-state index is 0.00268. The second-order valence-corrected chi connectivity index (χ2v) is 15.9. The summed E-state index contributed by atoms with van der Waals surface area (Å²) < 4.78 is 19.1. The Labute approximate surface area is 259 Å². The average Bonchev–Trinajstić information content (AvgIpc) is 3.06. The summed E-state index contributed by atoms with van der Waals surface area (Å²) in [5, 5.41) is 11.6. The van der Waals surface area contributed by atoms with E-state index >= 15 is 0 Å². The van der Waals surface area contributed by atoms with Crippen LogP contribution >= 0.6 is 0 Å². The van der Waals surface area contributed by atoms with Crippen LogP contribution in [0.15, 0.2) is 78.4 Å². The third-order valence-corrected chi connectivity index (χ3v) is 13.5. The van der Waals surface area contributed by atoms with Crippen LogP contribution in [0.2, 0.25) is 18.1 Å². The van der Waals surface area contributed by atoms with Crippen LogP contribution in [0, 0.1) is 22.5 Å². The number of carbonyl (C=O) groups is 1. The highest BCUT2D eigenvalue weighted by Gasteiger charge is 2.43. The number of nitrogens with zero attached hydrogens (tertiary/aromatic N) is 2. The highest BCUT2D eigenvalue weighted by Crippen LogP contribution is 2.48. The fourth-order valence-corrected chi connectivity index (χ4v) is 9.17. The Kier molecular flexibility index (Phi) is 9.52. The van der Waals surface area contributed by atoms with Gasteiger partial charge in [0.05, 0.1) is 22.3 Å². The highest BCUT2D eigenvalue weighted by molar-refractivity contribution is 6.73. The minimum atomic E-state index is -2.00. The average molecular weight is 611 g/mol. The number of nitro benzene ring substituents is 1. The quantitative estimate of drug-likeness (QED) is 0.0989. The lowest BCUT2D eigenvalue weighted by atomic mass is 9.78. The van der Waals surface area contributed by atoms with Crippen molar-refractivity contribution in [1.29, 1.82) is 0 Å². The van der Waals surface area contributed by atoms with Gasteiger partial charge in [-0.15, -0.1) is 6.42 Å². The van der Waals surface area contributed by atoms with E-state index in [9.17, 15) is 14.9 Å². The standard InChI is InChI=1S/C35H38N2O6Si/c1-5-30-28-18-14-20-33(43-44(6-2,7-3)8-4)34(28)29-23-27(41-24-25-15-12-13-19-31(25)37(39)40)21-22-32(29)36(30)35(38)42-26-16-10-9-11-17-26/h1,9-13,15-17,19,21-23,30,33H,6-8,14,18,20,24H2,2-4H3. The number of ether oxygens (including phenoxy) is 2. The van der Waals surface area contributed by atoms with Crippen LogP contribution in [0.1, 0.15) is 51.2 Å². The van der Waals surface area contributed by atoms with Crippen LogP contribution in [0.25, 0.3) is 5.57 Å². The summed E-state index contributed by atoms with van der Waals surface area (Å²) in [6, 6.07) is 23.4. The number of carbonyl (C=O) groups excluding carboxylic acids is 1. The largest absolute Gasteiger partial charge is 0.489 e. The van der Waals surface area contributed by atoms with Crippen molar-refractivity contribution in [3.05, 3.63) is 99.6 Å². The zero-order chi connectivity index (χ0) is 31.3.